The second-order valence-electron chi connectivity index (χ2n) is 10.2. The van der Waals surface area contributed by atoms with Gasteiger partial charge in [0, 0.05) is 17.0 Å². The number of tetrazole rings is 1. The van der Waals surface area contributed by atoms with Crippen molar-refractivity contribution in [3.63, 3.8) is 0 Å². The number of hydrazone groups is 1. The SMILES string of the molecule is N/C(=N\S(=O)(=O)c1cccc(C(F)(F)F)c1)N1CC(c2ccccc2)C(c2ccc(OCc3ccccc3-c3nn[nH]n3)cc2)=N1. The summed E-state index contributed by atoms with van der Waals surface area (Å²) in [6.07, 6.45) is -4.72. The predicted octanol–water partition coefficient (Wildman–Crippen LogP) is 4.97. The predicted molar refractivity (Wildman–Crippen MR) is 163 cm³/mol. The molecule has 15 heteroatoms. The van der Waals surface area contributed by atoms with Gasteiger partial charge in [-0.2, -0.15) is 31.9 Å². The number of nitrogens with zero attached hydrogens (tertiary/aromatic N) is 6. The minimum atomic E-state index is -4.72. The number of hydrogen-bond acceptors (Lipinski definition) is 7. The molecule has 0 spiro atoms. The molecule has 46 heavy (non-hydrogen) atoms. The molecule has 1 unspecified atom stereocenters. The maximum absolute atomic E-state index is 13.2. The summed E-state index contributed by atoms with van der Waals surface area (Å²) in [6, 6.07) is 27.5. The van der Waals surface area contributed by atoms with Crippen molar-refractivity contribution < 1.29 is 26.3 Å². The maximum atomic E-state index is 13.2. The van der Waals surface area contributed by atoms with Crippen LogP contribution in [0.2, 0.25) is 0 Å². The third-order valence-corrected chi connectivity index (χ3v) is 8.48. The molecule has 5 aromatic rings. The summed E-state index contributed by atoms with van der Waals surface area (Å²) in [6.45, 7) is 0.399. The van der Waals surface area contributed by atoms with Crippen LogP contribution in [0.5, 0.6) is 5.75 Å². The Hall–Kier alpha value is -5.57. The molecule has 6 rings (SSSR count). The van der Waals surface area contributed by atoms with Crippen molar-refractivity contribution in [3.05, 3.63) is 125 Å². The van der Waals surface area contributed by atoms with E-state index in [9.17, 15) is 21.6 Å². The maximum Gasteiger partial charge on any atom is 0.416 e. The van der Waals surface area contributed by atoms with Crippen molar-refractivity contribution in [3.8, 4) is 17.1 Å². The third-order valence-electron chi connectivity index (χ3n) is 7.20. The number of aromatic amines is 1. The average molecular weight is 647 g/mol. The van der Waals surface area contributed by atoms with Gasteiger partial charge in [-0.1, -0.05) is 60.7 Å². The molecule has 0 saturated carbocycles. The number of guanidine groups is 1. The first-order chi connectivity index (χ1) is 22.1. The lowest BCUT2D eigenvalue weighted by Gasteiger charge is -2.16. The quantitative estimate of drug-likeness (QED) is 0.177. The summed E-state index contributed by atoms with van der Waals surface area (Å²) in [5.74, 6) is 0.246. The Bertz CT molecular complexity index is 2000. The fraction of sp³-hybridized carbons (Fsp3) is 0.129. The second-order valence-corrected chi connectivity index (χ2v) is 11.8. The zero-order chi connectivity index (χ0) is 32.3. The Balaban J connectivity index is 1.25. The number of ether oxygens (including phenoxy) is 1. The highest BCUT2D eigenvalue weighted by molar-refractivity contribution is 7.90. The summed E-state index contributed by atoms with van der Waals surface area (Å²) in [4.78, 5) is -0.635. The standard InChI is InChI=1S/C31H25F3N8O3S/c32-31(33,34)23-10-6-11-25(17-23)46(43,44)39-30(35)42-18-27(20-7-2-1-3-8-20)28(38-42)21-13-15-24(16-14-21)45-19-22-9-4-5-12-26(22)29-36-40-41-37-29/h1-17,27H,18-19H2,(H2,35,39)(H,36,37,40,41). The fourth-order valence-corrected chi connectivity index (χ4v) is 5.90. The van der Waals surface area contributed by atoms with E-state index < -0.39 is 32.6 Å². The lowest BCUT2D eigenvalue weighted by atomic mass is 9.90. The number of alkyl halides is 3. The Kier molecular flexibility index (Phi) is 8.23. The van der Waals surface area contributed by atoms with E-state index in [2.05, 4.69) is 30.1 Å². The number of halogens is 3. The lowest BCUT2D eigenvalue weighted by Crippen LogP contribution is -2.33. The lowest BCUT2D eigenvalue weighted by molar-refractivity contribution is -0.137. The summed E-state index contributed by atoms with van der Waals surface area (Å²) < 4.78 is 75.1. The highest BCUT2D eigenvalue weighted by atomic mass is 32.2. The summed E-state index contributed by atoms with van der Waals surface area (Å²) >= 11 is 0. The van der Waals surface area contributed by atoms with Gasteiger partial charge >= 0.3 is 6.18 Å². The molecule has 1 aliphatic heterocycles. The van der Waals surface area contributed by atoms with E-state index in [1.807, 2.05) is 66.7 Å². The van der Waals surface area contributed by atoms with Gasteiger partial charge in [0.1, 0.15) is 12.4 Å². The molecular formula is C31H25F3N8O3S. The van der Waals surface area contributed by atoms with Gasteiger partial charge in [0.25, 0.3) is 10.0 Å². The minimum absolute atomic E-state index is 0.151. The van der Waals surface area contributed by atoms with E-state index in [-0.39, 0.29) is 19.1 Å². The topological polar surface area (TPSA) is 152 Å². The van der Waals surface area contributed by atoms with E-state index in [1.54, 1.807) is 12.1 Å². The van der Waals surface area contributed by atoms with Crippen LogP contribution in [-0.2, 0) is 22.8 Å². The Morgan fingerprint density at radius 2 is 1.72 bits per heavy atom. The smallest absolute Gasteiger partial charge is 0.416 e. The van der Waals surface area contributed by atoms with Crippen molar-refractivity contribution in [1.82, 2.24) is 25.6 Å². The van der Waals surface area contributed by atoms with Crippen LogP contribution in [0.15, 0.2) is 118 Å². The first-order valence-electron chi connectivity index (χ1n) is 13.8. The Morgan fingerprint density at radius 3 is 2.43 bits per heavy atom. The van der Waals surface area contributed by atoms with Crippen LogP contribution in [0.3, 0.4) is 0 Å². The van der Waals surface area contributed by atoms with Crippen molar-refractivity contribution >= 4 is 21.7 Å². The normalized spacial score (nSPS) is 15.5. The van der Waals surface area contributed by atoms with Gasteiger partial charge in [-0.05, 0) is 58.8 Å². The molecule has 3 N–H and O–H groups in total. The van der Waals surface area contributed by atoms with E-state index in [4.69, 9.17) is 10.5 Å². The summed E-state index contributed by atoms with van der Waals surface area (Å²) in [5.41, 5.74) is 8.86. The van der Waals surface area contributed by atoms with E-state index in [0.29, 0.717) is 23.4 Å². The van der Waals surface area contributed by atoms with Crippen LogP contribution in [-0.4, -0.2) is 52.3 Å². The fourth-order valence-electron chi connectivity index (χ4n) is 4.93. The first-order valence-corrected chi connectivity index (χ1v) is 15.3. The van der Waals surface area contributed by atoms with Crippen LogP contribution in [0.25, 0.3) is 11.4 Å². The number of aromatic nitrogens is 4. The molecular weight excluding hydrogens is 621 g/mol. The van der Waals surface area contributed by atoms with Gasteiger partial charge in [-0.15, -0.1) is 14.6 Å². The number of rotatable bonds is 8. The van der Waals surface area contributed by atoms with Gasteiger partial charge < -0.3 is 10.5 Å². The Morgan fingerprint density at radius 1 is 0.978 bits per heavy atom. The van der Waals surface area contributed by atoms with Gasteiger partial charge in [-0.25, -0.2) is 5.01 Å². The van der Waals surface area contributed by atoms with Crippen LogP contribution >= 0.6 is 0 Å². The van der Waals surface area contributed by atoms with Crippen LogP contribution in [0, 0.1) is 0 Å². The number of nitrogens with two attached hydrogens (primary N) is 1. The van der Waals surface area contributed by atoms with Gasteiger partial charge in [-0.3, -0.25) is 0 Å². The van der Waals surface area contributed by atoms with Gasteiger partial charge in [0.15, 0.2) is 0 Å². The van der Waals surface area contributed by atoms with E-state index in [0.717, 1.165) is 40.5 Å². The third kappa shape index (κ3) is 6.58. The summed E-state index contributed by atoms with van der Waals surface area (Å²) in [7, 11) is -4.57. The number of nitrogens with one attached hydrogen (secondary N) is 1. The monoisotopic (exact) mass is 646 g/mol. The number of sulfonamides is 1. The van der Waals surface area contributed by atoms with Crippen molar-refractivity contribution in [2.24, 2.45) is 15.2 Å². The zero-order valence-corrected chi connectivity index (χ0v) is 24.7. The van der Waals surface area contributed by atoms with Gasteiger partial charge in [0.2, 0.25) is 11.8 Å². The molecule has 0 amide bonds. The second kappa shape index (κ2) is 12.4. The number of H-pyrrole nitrogens is 1. The highest BCUT2D eigenvalue weighted by Gasteiger charge is 2.33. The molecule has 4 aromatic carbocycles. The number of hydrogen-bond donors (Lipinski definition) is 2. The molecule has 234 valence electrons. The van der Waals surface area contributed by atoms with Crippen LogP contribution in [0.1, 0.15) is 28.2 Å². The van der Waals surface area contributed by atoms with E-state index in [1.165, 1.54) is 5.01 Å². The molecule has 0 aliphatic carbocycles. The molecule has 0 radical (unpaired) electrons. The molecule has 1 aliphatic rings. The zero-order valence-electron chi connectivity index (χ0n) is 23.8. The largest absolute Gasteiger partial charge is 0.489 e. The Labute approximate surface area is 261 Å². The average Bonchev–Trinajstić information content (AvgIpc) is 3.76. The molecule has 0 fully saturated rings. The summed E-state index contributed by atoms with van der Waals surface area (Å²) in [5, 5.41) is 20.0. The van der Waals surface area contributed by atoms with Crippen molar-refractivity contribution in [1.29, 1.82) is 0 Å². The number of benzene rings is 4. The molecule has 1 aromatic heterocycles. The van der Waals surface area contributed by atoms with Crippen molar-refractivity contribution in [2.45, 2.75) is 23.6 Å². The minimum Gasteiger partial charge on any atom is -0.489 e. The molecule has 0 bridgehead atoms. The molecule has 11 nitrogen and oxygen atoms in total. The van der Waals surface area contributed by atoms with Crippen LogP contribution in [0.4, 0.5) is 13.2 Å². The van der Waals surface area contributed by atoms with E-state index >= 15 is 0 Å². The molecule has 1 atom stereocenters. The van der Waals surface area contributed by atoms with Crippen LogP contribution < -0.4 is 10.5 Å². The first kappa shape index (κ1) is 30.5. The van der Waals surface area contributed by atoms with Crippen molar-refractivity contribution in [2.75, 3.05) is 6.54 Å². The molecule has 0 saturated heterocycles. The highest BCUT2D eigenvalue weighted by Crippen LogP contribution is 2.32. The van der Waals surface area contributed by atoms with Gasteiger partial charge in [0.05, 0.1) is 22.7 Å². The molecule has 2 heterocycles.